The van der Waals surface area contributed by atoms with E-state index in [9.17, 15) is 8.42 Å². The lowest BCUT2D eigenvalue weighted by Gasteiger charge is -2.36. The molecule has 0 aliphatic carbocycles. The molecule has 2 aromatic carbocycles. The van der Waals surface area contributed by atoms with Gasteiger partial charge in [0.1, 0.15) is 5.75 Å². The Hall–Kier alpha value is -1.90. The maximum absolute atomic E-state index is 13.4. The molecule has 1 aliphatic rings. The maximum Gasteiger partial charge on any atom is 0.243 e. The number of hydrogen-bond donors (Lipinski definition) is 0. The van der Waals surface area contributed by atoms with E-state index in [4.69, 9.17) is 16.3 Å². The molecule has 1 aromatic heterocycles. The molecule has 6 nitrogen and oxygen atoms in total. The molecule has 9 heteroatoms. The molecule has 0 bridgehead atoms. The van der Waals surface area contributed by atoms with Gasteiger partial charge in [0, 0.05) is 41.3 Å². The number of benzene rings is 2. The molecule has 0 amide bonds. The normalized spacial score (nSPS) is 15.4. The summed E-state index contributed by atoms with van der Waals surface area (Å²) in [6.45, 7) is 3.49. The third-order valence-electron chi connectivity index (χ3n) is 6.32. The third kappa shape index (κ3) is 6.40. The smallest absolute Gasteiger partial charge is 0.243 e. The van der Waals surface area contributed by atoms with Crippen LogP contribution in [0.4, 0.5) is 0 Å². The minimum absolute atomic E-state index is 0. The topological polar surface area (TPSA) is 62.7 Å². The van der Waals surface area contributed by atoms with Crippen molar-refractivity contribution in [3.63, 3.8) is 0 Å². The van der Waals surface area contributed by atoms with Crippen LogP contribution in [0.3, 0.4) is 0 Å². The Bertz CT molecular complexity index is 1160. The van der Waals surface area contributed by atoms with Crippen LogP contribution in [0, 0.1) is 0 Å². The van der Waals surface area contributed by atoms with Gasteiger partial charge in [-0.1, -0.05) is 23.7 Å². The highest BCUT2D eigenvalue weighted by molar-refractivity contribution is 7.89. The lowest BCUT2D eigenvalue weighted by atomic mass is 10.1. The van der Waals surface area contributed by atoms with Gasteiger partial charge in [0.15, 0.2) is 0 Å². The lowest BCUT2D eigenvalue weighted by Crippen LogP contribution is -2.45. The summed E-state index contributed by atoms with van der Waals surface area (Å²) in [6.07, 6.45) is 7.05. The molecule has 184 valence electrons. The number of fused-ring (bicyclic) bond motifs is 1. The van der Waals surface area contributed by atoms with E-state index in [1.807, 2.05) is 30.3 Å². The van der Waals surface area contributed by atoms with Crippen LogP contribution in [-0.4, -0.2) is 61.9 Å². The molecule has 1 saturated heterocycles. The zero-order valence-electron chi connectivity index (χ0n) is 19.3. The van der Waals surface area contributed by atoms with Crippen LogP contribution < -0.4 is 4.74 Å². The van der Waals surface area contributed by atoms with Gasteiger partial charge >= 0.3 is 0 Å². The average molecular weight is 525 g/mol. The zero-order chi connectivity index (χ0) is 23.3. The van der Waals surface area contributed by atoms with Crippen molar-refractivity contribution in [2.24, 2.45) is 0 Å². The number of unbranched alkanes of at least 4 members (excludes halogenated alkanes) is 1. The fourth-order valence-electron chi connectivity index (χ4n) is 4.33. The molecule has 1 aliphatic heterocycles. The molecule has 0 radical (unpaired) electrons. The average Bonchev–Trinajstić information content (AvgIpc) is 2.84. The minimum Gasteiger partial charge on any atom is -0.494 e. The summed E-state index contributed by atoms with van der Waals surface area (Å²) in [5, 5.41) is 2.26. The summed E-state index contributed by atoms with van der Waals surface area (Å²) in [6, 6.07) is 14.6. The molecule has 0 unspecified atom stereocenters. The van der Waals surface area contributed by atoms with Gasteiger partial charge < -0.3 is 9.64 Å². The number of ether oxygens (including phenoxy) is 1. The number of sulfonamides is 1. The van der Waals surface area contributed by atoms with Crippen LogP contribution in [0.2, 0.25) is 5.02 Å². The van der Waals surface area contributed by atoms with E-state index in [0.717, 1.165) is 61.8 Å². The van der Waals surface area contributed by atoms with Gasteiger partial charge in [0.2, 0.25) is 10.0 Å². The molecule has 1 fully saturated rings. The zero-order valence-corrected chi connectivity index (χ0v) is 21.7. The summed E-state index contributed by atoms with van der Waals surface area (Å²) >= 11 is 5.89. The molecular weight excluding hydrogens is 493 g/mol. The Morgan fingerprint density at radius 1 is 1.09 bits per heavy atom. The first-order valence-corrected chi connectivity index (χ1v) is 13.2. The van der Waals surface area contributed by atoms with Gasteiger partial charge in [-0.25, -0.2) is 8.42 Å². The first-order valence-electron chi connectivity index (χ1n) is 11.4. The van der Waals surface area contributed by atoms with Crippen molar-refractivity contribution in [2.75, 3.05) is 33.3 Å². The number of nitrogens with zero attached hydrogens (tertiary/aromatic N) is 3. The van der Waals surface area contributed by atoms with Crippen molar-refractivity contribution in [2.45, 2.75) is 36.6 Å². The molecule has 0 N–H and O–H groups in total. The molecular formula is C25H31Cl2N3O3S. The molecule has 3 aromatic rings. The molecule has 0 atom stereocenters. The van der Waals surface area contributed by atoms with E-state index in [-0.39, 0.29) is 18.4 Å². The van der Waals surface area contributed by atoms with Gasteiger partial charge in [-0.2, -0.15) is 4.31 Å². The van der Waals surface area contributed by atoms with Gasteiger partial charge in [0.25, 0.3) is 0 Å². The van der Waals surface area contributed by atoms with Crippen molar-refractivity contribution >= 4 is 44.8 Å². The van der Waals surface area contributed by atoms with Crippen molar-refractivity contribution in [3.05, 3.63) is 65.9 Å². The quantitative estimate of drug-likeness (QED) is 0.358. The van der Waals surface area contributed by atoms with E-state index in [0.29, 0.717) is 16.5 Å². The third-order valence-corrected chi connectivity index (χ3v) is 8.54. The SMILES string of the molecule is CN(C1CCN(CCCCOc2ccc(Cl)cc2)CC1)S(=O)(=O)c1cccc2cnccc12.Cl. The lowest BCUT2D eigenvalue weighted by molar-refractivity contribution is 0.165. The van der Waals surface area contributed by atoms with E-state index >= 15 is 0 Å². The first-order chi connectivity index (χ1) is 15.9. The highest BCUT2D eigenvalue weighted by atomic mass is 35.5. The van der Waals surface area contributed by atoms with Crippen LogP contribution in [-0.2, 0) is 10.0 Å². The fraction of sp³-hybridized carbons (Fsp3) is 0.400. The Kier molecular flexibility index (Phi) is 9.56. The number of piperidine rings is 1. The second-order valence-corrected chi connectivity index (χ2v) is 10.9. The molecule has 34 heavy (non-hydrogen) atoms. The van der Waals surface area contributed by atoms with Gasteiger partial charge in [-0.05, 0) is 81.7 Å². The predicted molar refractivity (Wildman–Crippen MR) is 140 cm³/mol. The van der Waals surface area contributed by atoms with Crippen LogP contribution in [0.1, 0.15) is 25.7 Å². The molecule has 0 saturated carbocycles. The standard InChI is InChI=1S/C25H30ClN3O3S.ClH/c1-28(33(30,31)25-6-4-5-20-19-27-14-11-24(20)25)22-12-16-29(17-13-22)15-2-3-18-32-23-9-7-21(26)8-10-23;/h4-11,14,19,22H,2-3,12-13,15-18H2,1H3;1H. The van der Waals surface area contributed by atoms with Crippen LogP contribution in [0.25, 0.3) is 10.8 Å². The number of hydrogen-bond acceptors (Lipinski definition) is 5. The molecule has 4 rings (SSSR count). The maximum atomic E-state index is 13.4. The summed E-state index contributed by atoms with van der Waals surface area (Å²) in [5.41, 5.74) is 0. The van der Waals surface area contributed by atoms with Crippen molar-refractivity contribution < 1.29 is 13.2 Å². The second kappa shape index (κ2) is 12.2. The summed E-state index contributed by atoms with van der Waals surface area (Å²) in [4.78, 5) is 6.88. The second-order valence-electron chi connectivity index (χ2n) is 8.46. The van der Waals surface area contributed by atoms with E-state index < -0.39 is 10.0 Å². The van der Waals surface area contributed by atoms with Crippen molar-refractivity contribution in [1.82, 2.24) is 14.2 Å². The summed E-state index contributed by atoms with van der Waals surface area (Å²) in [5.74, 6) is 0.840. The molecule has 0 spiro atoms. The van der Waals surface area contributed by atoms with Crippen LogP contribution in [0.5, 0.6) is 5.75 Å². The monoisotopic (exact) mass is 523 g/mol. The Morgan fingerprint density at radius 2 is 1.82 bits per heavy atom. The van der Waals surface area contributed by atoms with Crippen LogP contribution in [0.15, 0.2) is 65.8 Å². The minimum atomic E-state index is -3.57. The van der Waals surface area contributed by atoms with Gasteiger partial charge in [0.05, 0.1) is 11.5 Å². The van der Waals surface area contributed by atoms with E-state index in [1.54, 1.807) is 41.9 Å². The predicted octanol–water partition coefficient (Wildman–Crippen LogP) is 5.25. The number of pyridine rings is 1. The summed E-state index contributed by atoms with van der Waals surface area (Å²) in [7, 11) is -1.86. The Balaban J connectivity index is 0.00000324. The van der Waals surface area contributed by atoms with Crippen molar-refractivity contribution in [3.8, 4) is 5.75 Å². The van der Waals surface area contributed by atoms with Crippen LogP contribution >= 0.6 is 24.0 Å². The Morgan fingerprint density at radius 3 is 2.56 bits per heavy atom. The first kappa shape index (κ1) is 26.7. The number of aromatic nitrogens is 1. The highest BCUT2D eigenvalue weighted by Gasteiger charge is 2.31. The Labute approximate surface area is 213 Å². The van der Waals surface area contributed by atoms with Gasteiger partial charge in [-0.3, -0.25) is 4.98 Å². The largest absolute Gasteiger partial charge is 0.494 e. The number of rotatable bonds is 9. The summed E-state index contributed by atoms with van der Waals surface area (Å²) < 4.78 is 34.1. The van der Waals surface area contributed by atoms with E-state index in [2.05, 4.69) is 9.88 Å². The molecule has 2 heterocycles. The van der Waals surface area contributed by atoms with E-state index in [1.165, 1.54) is 0 Å². The van der Waals surface area contributed by atoms with Gasteiger partial charge in [-0.15, -0.1) is 12.4 Å². The highest BCUT2D eigenvalue weighted by Crippen LogP contribution is 2.28. The van der Waals surface area contributed by atoms with Crippen molar-refractivity contribution in [1.29, 1.82) is 0 Å². The number of likely N-dealkylation sites (tertiary alicyclic amines) is 1. The number of halogens is 2. The fourth-order valence-corrected chi connectivity index (χ4v) is 6.09.